The molecule has 0 radical (unpaired) electrons. The van der Waals surface area contributed by atoms with Gasteiger partial charge in [-0.2, -0.15) is 5.10 Å². The highest BCUT2D eigenvalue weighted by Gasteiger charge is 2.60. The highest BCUT2D eigenvalue weighted by Crippen LogP contribution is 2.65. The SMILES string of the molecule is C#Cc1cnn(C[C@](C)(O)[C@H]2CC[C@H]3[C@@H]4CC[C@@H]5C[C@](C)(O)CCC[C@@H]5[C@H]4CC[C@@]32C)c1. The van der Waals surface area contributed by atoms with Crippen molar-refractivity contribution in [3.63, 3.8) is 0 Å². The van der Waals surface area contributed by atoms with Crippen LogP contribution in [-0.2, 0) is 6.54 Å². The van der Waals surface area contributed by atoms with Crippen molar-refractivity contribution in [2.75, 3.05) is 0 Å². The molecule has 4 nitrogen and oxygen atoms in total. The molecule has 0 spiro atoms. The van der Waals surface area contributed by atoms with Gasteiger partial charge in [0.25, 0.3) is 0 Å². The summed E-state index contributed by atoms with van der Waals surface area (Å²) in [6.45, 7) is 7.09. The minimum absolute atomic E-state index is 0.204. The summed E-state index contributed by atoms with van der Waals surface area (Å²) in [4.78, 5) is 0. The van der Waals surface area contributed by atoms with Crippen LogP contribution in [-0.4, -0.2) is 31.2 Å². The predicted octanol–water partition coefficient (Wildman–Crippen LogP) is 5.03. The summed E-state index contributed by atoms with van der Waals surface area (Å²) in [7, 11) is 0. The number of aromatic nitrogens is 2. The Morgan fingerprint density at radius 3 is 2.69 bits per heavy atom. The Kier molecular flexibility index (Phi) is 5.54. The summed E-state index contributed by atoms with van der Waals surface area (Å²) in [6, 6.07) is 0. The largest absolute Gasteiger partial charge is 0.390 e. The van der Waals surface area contributed by atoms with Gasteiger partial charge in [-0.25, -0.2) is 0 Å². The monoisotopic (exact) mass is 438 g/mol. The first-order valence-electron chi connectivity index (χ1n) is 13.1. The van der Waals surface area contributed by atoms with Crippen LogP contribution in [0.15, 0.2) is 12.4 Å². The summed E-state index contributed by atoms with van der Waals surface area (Å²) in [6.07, 6.45) is 21.1. The minimum atomic E-state index is -0.785. The molecule has 9 atom stereocenters. The quantitative estimate of drug-likeness (QED) is 0.651. The normalized spacial score (nSPS) is 45.6. The van der Waals surface area contributed by atoms with Crippen molar-refractivity contribution >= 4 is 0 Å². The van der Waals surface area contributed by atoms with E-state index in [0.29, 0.717) is 18.4 Å². The zero-order valence-corrected chi connectivity index (χ0v) is 20.3. The Balaban J connectivity index is 1.34. The minimum Gasteiger partial charge on any atom is -0.390 e. The van der Waals surface area contributed by atoms with Gasteiger partial charge < -0.3 is 10.2 Å². The Bertz CT molecular complexity index is 880. The van der Waals surface area contributed by atoms with E-state index in [-0.39, 0.29) is 5.41 Å². The van der Waals surface area contributed by atoms with Gasteiger partial charge in [0.05, 0.1) is 29.5 Å². The van der Waals surface area contributed by atoms with Crippen LogP contribution in [0.1, 0.15) is 90.5 Å². The molecule has 2 N–H and O–H groups in total. The van der Waals surface area contributed by atoms with Gasteiger partial charge in [0.15, 0.2) is 0 Å². The maximum absolute atomic E-state index is 11.7. The zero-order chi connectivity index (χ0) is 22.7. The van der Waals surface area contributed by atoms with E-state index in [2.05, 4.69) is 24.9 Å². The summed E-state index contributed by atoms with van der Waals surface area (Å²) in [5.41, 5.74) is -0.267. The first-order chi connectivity index (χ1) is 15.1. The van der Waals surface area contributed by atoms with Crippen molar-refractivity contribution in [1.82, 2.24) is 9.78 Å². The van der Waals surface area contributed by atoms with Crippen LogP contribution in [0.3, 0.4) is 0 Å². The molecule has 4 aliphatic carbocycles. The molecule has 176 valence electrons. The van der Waals surface area contributed by atoms with Gasteiger partial charge in [0, 0.05) is 6.20 Å². The van der Waals surface area contributed by atoms with Gasteiger partial charge in [-0.05, 0) is 113 Å². The van der Waals surface area contributed by atoms with Gasteiger partial charge in [0.1, 0.15) is 0 Å². The number of terminal acetylenes is 1. The van der Waals surface area contributed by atoms with Crippen molar-refractivity contribution in [2.24, 2.45) is 40.9 Å². The average molecular weight is 439 g/mol. The molecule has 32 heavy (non-hydrogen) atoms. The second kappa shape index (κ2) is 7.88. The fourth-order valence-corrected chi connectivity index (χ4v) is 9.31. The Morgan fingerprint density at radius 1 is 1.12 bits per heavy atom. The molecule has 0 saturated heterocycles. The van der Waals surface area contributed by atoms with E-state index in [1.54, 1.807) is 6.20 Å². The number of aliphatic hydroxyl groups is 2. The third-order valence-electron chi connectivity index (χ3n) is 10.5. The number of fused-ring (bicyclic) bond motifs is 5. The van der Waals surface area contributed by atoms with E-state index in [1.807, 2.05) is 17.8 Å². The highest BCUT2D eigenvalue weighted by molar-refractivity contribution is 5.26. The summed E-state index contributed by atoms with van der Waals surface area (Å²) >= 11 is 0. The van der Waals surface area contributed by atoms with Crippen molar-refractivity contribution in [1.29, 1.82) is 0 Å². The molecule has 0 bridgehead atoms. The van der Waals surface area contributed by atoms with E-state index < -0.39 is 11.2 Å². The Morgan fingerprint density at radius 2 is 1.94 bits per heavy atom. The smallest absolute Gasteiger partial charge is 0.0848 e. The lowest BCUT2D eigenvalue weighted by atomic mass is 9.49. The number of hydrogen-bond donors (Lipinski definition) is 2. The molecule has 1 aromatic rings. The van der Waals surface area contributed by atoms with Crippen LogP contribution in [0.25, 0.3) is 0 Å². The molecule has 4 aliphatic rings. The van der Waals surface area contributed by atoms with Gasteiger partial charge in [-0.3, -0.25) is 4.68 Å². The van der Waals surface area contributed by atoms with Crippen molar-refractivity contribution in [3.8, 4) is 12.3 Å². The van der Waals surface area contributed by atoms with E-state index >= 15 is 0 Å². The Labute approximate surface area is 194 Å². The van der Waals surface area contributed by atoms with Crippen molar-refractivity contribution < 1.29 is 10.2 Å². The first-order valence-corrected chi connectivity index (χ1v) is 13.1. The van der Waals surface area contributed by atoms with Crippen molar-refractivity contribution in [2.45, 2.75) is 103 Å². The number of hydrogen-bond acceptors (Lipinski definition) is 3. The van der Waals surface area contributed by atoms with Gasteiger partial charge in [0.2, 0.25) is 0 Å². The molecule has 0 aliphatic heterocycles. The molecule has 1 aromatic heterocycles. The molecule has 1 heterocycles. The van der Waals surface area contributed by atoms with Crippen LogP contribution in [0.5, 0.6) is 0 Å². The average Bonchev–Trinajstić information content (AvgIpc) is 3.27. The second-order valence-corrected chi connectivity index (χ2v) is 12.6. The third-order valence-corrected chi connectivity index (χ3v) is 10.5. The maximum atomic E-state index is 11.7. The number of rotatable bonds is 3. The summed E-state index contributed by atoms with van der Waals surface area (Å²) in [5.74, 6) is 6.81. The molecule has 0 amide bonds. The van der Waals surface area contributed by atoms with Crippen LogP contribution in [0.2, 0.25) is 0 Å². The predicted molar refractivity (Wildman–Crippen MR) is 127 cm³/mol. The molecule has 0 unspecified atom stereocenters. The topological polar surface area (TPSA) is 58.3 Å². The lowest BCUT2D eigenvalue weighted by molar-refractivity contribution is -0.113. The molecule has 4 fully saturated rings. The van der Waals surface area contributed by atoms with Gasteiger partial charge >= 0.3 is 0 Å². The lowest BCUT2D eigenvalue weighted by Crippen LogP contribution is -2.52. The molecule has 4 saturated carbocycles. The first kappa shape index (κ1) is 22.5. The molecule has 5 rings (SSSR count). The lowest BCUT2D eigenvalue weighted by Gasteiger charge is -2.56. The van der Waals surface area contributed by atoms with Crippen LogP contribution in [0, 0.1) is 53.3 Å². The molecule has 4 heteroatoms. The van der Waals surface area contributed by atoms with E-state index in [9.17, 15) is 10.2 Å². The maximum Gasteiger partial charge on any atom is 0.0848 e. The summed E-state index contributed by atoms with van der Waals surface area (Å²) in [5, 5.41) is 26.9. The van der Waals surface area contributed by atoms with Crippen LogP contribution in [0.4, 0.5) is 0 Å². The third kappa shape index (κ3) is 3.74. The second-order valence-electron chi connectivity index (χ2n) is 12.6. The van der Waals surface area contributed by atoms with E-state index in [1.165, 1.54) is 44.9 Å². The zero-order valence-electron chi connectivity index (χ0n) is 20.3. The molecule has 0 aromatic carbocycles. The fraction of sp³-hybridized carbons (Fsp3) is 0.821. The Hall–Kier alpha value is -1.31. The van der Waals surface area contributed by atoms with E-state index in [4.69, 9.17) is 6.42 Å². The number of nitrogens with zero attached hydrogens (tertiary/aromatic N) is 2. The van der Waals surface area contributed by atoms with Gasteiger partial charge in [-0.1, -0.05) is 19.3 Å². The standard InChI is InChI=1S/C28H42N2O2/c1-5-19-16-29-30(17-19)18-28(4,32)25-11-10-24-23-9-8-20-15-26(2,31)13-6-7-21(20)22(23)12-14-27(24,25)3/h1,16-17,20-25,31-32H,6-15,18H2,2-4H3/t20-,21+,22-,23-,24+,25+,26-,27+,28+/m1/s1. The molecular formula is C28H42N2O2. The van der Waals surface area contributed by atoms with Crippen LogP contribution < -0.4 is 0 Å². The summed E-state index contributed by atoms with van der Waals surface area (Å²) < 4.78 is 1.83. The highest BCUT2D eigenvalue weighted by atomic mass is 16.3. The molecular weight excluding hydrogens is 396 g/mol. The van der Waals surface area contributed by atoms with Crippen molar-refractivity contribution in [3.05, 3.63) is 18.0 Å². The fourth-order valence-electron chi connectivity index (χ4n) is 9.31. The van der Waals surface area contributed by atoms with Gasteiger partial charge in [-0.15, -0.1) is 6.42 Å². The van der Waals surface area contributed by atoms with E-state index in [0.717, 1.165) is 48.5 Å². The van der Waals surface area contributed by atoms with Crippen LogP contribution >= 0.6 is 0 Å².